The highest BCUT2D eigenvalue weighted by molar-refractivity contribution is 7.10. The lowest BCUT2D eigenvalue weighted by atomic mass is 9.99. The molecule has 0 fully saturated rings. The minimum Gasteiger partial charge on any atom is -0.396 e. The van der Waals surface area contributed by atoms with Gasteiger partial charge in [0, 0.05) is 11.5 Å². The monoisotopic (exact) mass is 184 g/mol. The third-order valence-corrected chi connectivity index (χ3v) is 3.10. The summed E-state index contributed by atoms with van der Waals surface area (Å²) in [5.41, 5.74) is 0. The Bertz CT molecular complexity index is 188. The van der Waals surface area contributed by atoms with Crippen LogP contribution in [0.1, 0.15) is 37.0 Å². The Hall–Kier alpha value is -0.340. The summed E-state index contributed by atoms with van der Waals surface area (Å²) in [4.78, 5) is 1.42. The van der Waals surface area contributed by atoms with Crippen molar-refractivity contribution in [3.63, 3.8) is 0 Å². The molecule has 0 aliphatic carbocycles. The predicted octanol–water partition coefficient (Wildman–Crippen LogP) is 3.01. The molecule has 12 heavy (non-hydrogen) atoms. The van der Waals surface area contributed by atoms with E-state index >= 15 is 0 Å². The minimum atomic E-state index is 0.308. The molecule has 1 nitrogen and oxygen atoms in total. The fourth-order valence-electron chi connectivity index (χ4n) is 1.46. The van der Waals surface area contributed by atoms with Gasteiger partial charge in [0.2, 0.25) is 0 Å². The van der Waals surface area contributed by atoms with Gasteiger partial charge in [-0.15, -0.1) is 11.3 Å². The van der Waals surface area contributed by atoms with E-state index in [0.29, 0.717) is 12.5 Å². The van der Waals surface area contributed by atoms with E-state index in [1.165, 1.54) is 17.7 Å². The summed E-state index contributed by atoms with van der Waals surface area (Å²) in [7, 11) is 0. The molecule has 68 valence electrons. The smallest absolute Gasteiger partial charge is 0.0437 e. The van der Waals surface area contributed by atoms with Gasteiger partial charge in [-0.25, -0.2) is 0 Å². The van der Waals surface area contributed by atoms with E-state index in [2.05, 4.69) is 24.4 Å². The van der Waals surface area contributed by atoms with Crippen LogP contribution in [0.2, 0.25) is 0 Å². The van der Waals surface area contributed by atoms with Gasteiger partial charge in [-0.3, -0.25) is 0 Å². The van der Waals surface area contributed by atoms with Crippen molar-refractivity contribution in [2.75, 3.05) is 6.61 Å². The Morgan fingerprint density at radius 2 is 2.33 bits per heavy atom. The first kappa shape index (κ1) is 9.75. The molecular formula is C10H16OS. The fraction of sp³-hybridized carbons (Fsp3) is 0.600. The Labute approximate surface area is 78.1 Å². The molecule has 0 aromatic carbocycles. The molecule has 0 radical (unpaired) electrons. The molecule has 1 heterocycles. The van der Waals surface area contributed by atoms with E-state index in [1.807, 2.05) is 0 Å². The molecule has 1 atom stereocenters. The molecule has 0 amide bonds. The van der Waals surface area contributed by atoms with Gasteiger partial charge in [0.05, 0.1) is 0 Å². The van der Waals surface area contributed by atoms with Gasteiger partial charge in [-0.05, 0) is 30.2 Å². The number of thiophene rings is 1. The van der Waals surface area contributed by atoms with Gasteiger partial charge in [0.15, 0.2) is 0 Å². The lowest BCUT2D eigenvalue weighted by Gasteiger charge is -2.11. The van der Waals surface area contributed by atoms with Crippen molar-refractivity contribution < 1.29 is 5.11 Å². The van der Waals surface area contributed by atoms with Crippen molar-refractivity contribution in [2.24, 2.45) is 0 Å². The third-order valence-electron chi connectivity index (χ3n) is 2.06. The summed E-state index contributed by atoms with van der Waals surface area (Å²) in [6.07, 6.45) is 3.30. The van der Waals surface area contributed by atoms with E-state index in [-0.39, 0.29) is 0 Å². The topological polar surface area (TPSA) is 20.2 Å². The first-order valence-corrected chi connectivity index (χ1v) is 5.40. The molecule has 1 rings (SSSR count). The highest BCUT2D eigenvalue weighted by Crippen LogP contribution is 2.28. The van der Waals surface area contributed by atoms with Crippen molar-refractivity contribution in [3.05, 3.63) is 22.4 Å². The Kier molecular flexibility index (Phi) is 4.33. The van der Waals surface area contributed by atoms with Crippen LogP contribution in [0, 0.1) is 0 Å². The zero-order valence-electron chi connectivity index (χ0n) is 7.49. The highest BCUT2D eigenvalue weighted by atomic mass is 32.1. The van der Waals surface area contributed by atoms with Gasteiger partial charge in [-0.1, -0.05) is 19.4 Å². The lowest BCUT2D eigenvalue weighted by Crippen LogP contribution is -1.98. The van der Waals surface area contributed by atoms with Crippen LogP contribution in [0.3, 0.4) is 0 Å². The maximum atomic E-state index is 8.87. The zero-order chi connectivity index (χ0) is 8.81. The maximum absolute atomic E-state index is 8.87. The van der Waals surface area contributed by atoms with Crippen LogP contribution in [-0.2, 0) is 0 Å². The first-order valence-electron chi connectivity index (χ1n) is 4.52. The first-order chi connectivity index (χ1) is 5.88. The van der Waals surface area contributed by atoms with Gasteiger partial charge in [0.25, 0.3) is 0 Å². The summed E-state index contributed by atoms with van der Waals surface area (Å²) in [5, 5.41) is 11.0. The van der Waals surface area contributed by atoms with E-state index in [1.54, 1.807) is 11.3 Å². The zero-order valence-corrected chi connectivity index (χ0v) is 8.31. The molecule has 0 spiro atoms. The van der Waals surface area contributed by atoms with Crippen LogP contribution in [-0.4, -0.2) is 11.7 Å². The van der Waals surface area contributed by atoms with Crippen LogP contribution in [0.4, 0.5) is 0 Å². The summed E-state index contributed by atoms with van der Waals surface area (Å²) in [6.45, 7) is 2.50. The van der Waals surface area contributed by atoms with Crippen LogP contribution < -0.4 is 0 Å². The quantitative estimate of drug-likeness (QED) is 0.745. The van der Waals surface area contributed by atoms with E-state index in [9.17, 15) is 0 Å². The minimum absolute atomic E-state index is 0.308. The normalized spacial score (nSPS) is 13.2. The molecule has 0 aliphatic rings. The van der Waals surface area contributed by atoms with E-state index < -0.39 is 0 Å². The molecule has 1 aromatic heterocycles. The second kappa shape index (κ2) is 5.33. The van der Waals surface area contributed by atoms with Crippen molar-refractivity contribution in [1.82, 2.24) is 0 Å². The second-order valence-corrected chi connectivity index (χ2v) is 3.99. The van der Waals surface area contributed by atoms with Gasteiger partial charge in [0.1, 0.15) is 0 Å². The SMILES string of the molecule is CCC[C@H](CCO)c1cccs1. The van der Waals surface area contributed by atoms with E-state index in [4.69, 9.17) is 5.11 Å². The molecule has 0 bridgehead atoms. The molecule has 1 N–H and O–H groups in total. The summed E-state index contributed by atoms with van der Waals surface area (Å²) in [5.74, 6) is 0.583. The Morgan fingerprint density at radius 3 is 2.83 bits per heavy atom. The largest absolute Gasteiger partial charge is 0.396 e. The third kappa shape index (κ3) is 2.61. The number of rotatable bonds is 5. The maximum Gasteiger partial charge on any atom is 0.0437 e. The Balaban J connectivity index is 2.53. The highest BCUT2D eigenvalue weighted by Gasteiger charge is 2.09. The van der Waals surface area contributed by atoms with Crippen LogP contribution in [0.25, 0.3) is 0 Å². The van der Waals surface area contributed by atoms with Crippen LogP contribution in [0.15, 0.2) is 17.5 Å². The van der Waals surface area contributed by atoms with Crippen molar-refractivity contribution in [2.45, 2.75) is 32.1 Å². The molecule has 0 saturated carbocycles. The summed E-state index contributed by atoms with van der Waals surface area (Å²) < 4.78 is 0. The van der Waals surface area contributed by atoms with Crippen molar-refractivity contribution >= 4 is 11.3 Å². The molecule has 2 heteroatoms. The lowest BCUT2D eigenvalue weighted by molar-refractivity contribution is 0.273. The fourth-order valence-corrected chi connectivity index (χ4v) is 2.36. The molecule has 0 aliphatic heterocycles. The molecular weight excluding hydrogens is 168 g/mol. The second-order valence-electron chi connectivity index (χ2n) is 3.01. The number of aliphatic hydroxyl groups is 1. The van der Waals surface area contributed by atoms with Gasteiger partial charge in [-0.2, -0.15) is 0 Å². The average molecular weight is 184 g/mol. The molecule has 0 unspecified atom stereocenters. The van der Waals surface area contributed by atoms with Gasteiger partial charge >= 0.3 is 0 Å². The molecule has 1 aromatic rings. The average Bonchev–Trinajstić information content (AvgIpc) is 2.56. The molecule has 0 saturated heterocycles. The summed E-state index contributed by atoms with van der Waals surface area (Å²) >= 11 is 1.80. The van der Waals surface area contributed by atoms with Crippen molar-refractivity contribution in [1.29, 1.82) is 0 Å². The summed E-state index contributed by atoms with van der Waals surface area (Å²) in [6, 6.07) is 4.25. The standard InChI is InChI=1S/C10H16OS/c1-2-4-9(6-7-11)10-5-3-8-12-10/h3,5,8-9,11H,2,4,6-7H2,1H3/t9-/m1/s1. The number of hydrogen-bond acceptors (Lipinski definition) is 2. The number of aliphatic hydroxyl groups excluding tert-OH is 1. The van der Waals surface area contributed by atoms with Crippen LogP contribution in [0.5, 0.6) is 0 Å². The van der Waals surface area contributed by atoms with E-state index in [0.717, 1.165) is 6.42 Å². The Morgan fingerprint density at radius 1 is 1.50 bits per heavy atom. The van der Waals surface area contributed by atoms with Crippen molar-refractivity contribution in [3.8, 4) is 0 Å². The van der Waals surface area contributed by atoms with Crippen LogP contribution >= 0.6 is 11.3 Å². The van der Waals surface area contributed by atoms with Gasteiger partial charge < -0.3 is 5.11 Å². The number of hydrogen-bond donors (Lipinski definition) is 1. The predicted molar refractivity (Wildman–Crippen MR) is 53.7 cm³/mol.